The van der Waals surface area contributed by atoms with Crippen molar-refractivity contribution in [2.24, 2.45) is 11.8 Å². The molecule has 0 aromatic heterocycles. The molecule has 0 amide bonds. The lowest BCUT2D eigenvalue weighted by molar-refractivity contribution is 0.289. The lowest BCUT2D eigenvalue weighted by Gasteiger charge is -2.26. The summed E-state index contributed by atoms with van der Waals surface area (Å²) in [5, 5.41) is 8.47. The summed E-state index contributed by atoms with van der Waals surface area (Å²) in [5.74, 6) is 1.66. The van der Waals surface area contributed by atoms with Gasteiger partial charge < -0.3 is 0 Å². The van der Waals surface area contributed by atoms with Crippen LogP contribution >= 0.6 is 0 Å². The molecule has 1 aliphatic rings. The van der Waals surface area contributed by atoms with Crippen LogP contribution in [0.2, 0.25) is 0 Å². The van der Waals surface area contributed by atoms with Crippen LogP contribution in [-0.2, 0) is 12.8 Å². The molecule has 0 bridgehead atoms. The summed E-state index contributed by atoms with van der Waals surface area (Å²) in [4.78, 5) is 0. The second kappa shape index (κ2) is 10.9. The van der Waals surface area contributed by atoms with Crippen LogP contribution in [0.5, 0.6) is 0 Å². The van der Waals surface area contributed by atoms with Gasteiger partial charge in [0.2, 0.25) is 0 Å². The molecule has 0 spiro atoms. The Morgan fingerprint density at radius 3 is 2.38 bits per heavy atom. The fourth-order valence-corrected chi connectivity index (χ4v) is 3.69. The molecular formula is C23H31N. The smallest absolute Gasteiger partial charge is 0.0912 e. The Morgan fingerprint density at radius 2 is 1.71 bits per heavy atom. The predicted octanol–water partition coefficient (Wildman–Crippen LogP) is 6.40. The third-order valence-corrected chi connectivity index (χ3v) is 5.32. The molecule has 24 heavy (non-hydrogen) atoms. The Morgan fingerprint density at radius 1 is 1.00 bits per heavy atom. The van der Waals surface area contributed by atoms with Crippen LogP contribution < -0.4 is 0 Å². The maximum Gasteiger partial charge on any atom is 0.0912 e. The minimum absolute atomic E-state index is 0.724. The molecule has 0 radical (unpaired) electrons. The topological polar surface area (TPSA) is 23.8 Å². The van der Waals surface area contributed by atoms with Crippen molar-refractivity contribution < 1.29 is 0 Å². The molecule has 1 fully saturated rings. The summed E-state index contributed by atoms with van der Waals surface area (Å²) in [6, 6.07) is 11.2. The van der Waals surface area contributed by atoms with Crippen LogP contribution in [0.4, 0.5) is 0 Å². The average Bonchev–Trinajstić information content (AvgIpc) is 2.64. The summed E-state index contributed by atoms with van der Waals surface area (Å²) in [6.07, 6.45) is 19.6. The summed E-state index contributed by atoms with van der Waals surface area (Å²) < 4.78 is 0. The van der Waals surface area contributed by atoms with E-state index in [0.29, 0.717) is 0 Å². The van der Waals surface area contributed by atoms with Crippen LogP contribution in [0.1, 0.15) is 63.0 Å². The second-order valence-electron chi connectivity index (χ2n) is 7.07. The van der Waals surface area contributed by atoms with Gasteiger partial charge >= 0.3 is 0 Å². The summed E-state index contributed by atoms with van der Waals surface area (Å²) in [7, 11) is 0. The Labute approximate surface area is 148 Å². The molecule has 0 aliphatic heterocycles. The average molecular weight is 322 g/mol. The highest BCUT2D eigenvalue weighted by Gasteiger charge is 2.18. The molecule has 0 heterocycles. The van der Waals surface area contributed by atoms with Gasteiger partial charge in [-0.2, -0.15) is 5.26 Å². The number of benzene rings is 1. The highest BCUT2D eigenvalue weighted by atomic mass is 14.2. The van der Waals surface area contributed by atoms with Gasteiger partial charge in [-0.15, -0.1) is 0 Å². The first kappa shape index (κ1) is 18.5. The normalized spacial score (nSPS) is 21.3. The lowest BCUT2D eigenvalue weighted by Crippen LogP contribution is -2.13. The number of rotatable bonds is 8. The van der Waals surface area contributed by atoms with Crippen molar-refractivity contribution in [3.63, 3.8) is 0 Å². The highest BCUT2D eigenvalue weighted by Crippen LogP contribution is 2.32. The molecule has 128 valence electrons. The van der Waals surface area contributed by atoms with Crippen molar-refractivity contribution in [1.82, 2.24) is 0 Å². The van der Waals surface area contributed by atoms with Crippen molar-refractivity contribution in [3.8, 4) is 6.07 Å². The zero-order chi connectivity index (χ0) is 17.0. The van der Waals surface area contributed by atoms with Crippen LogP contribution in [0, 0.1) is 23.2 Å². The Kier molecular flexibility index (Phi) is 8.39. The molecule has 1 aromatic rings. The minimum atomic E-state index is 0.724. The standard InChI is InChI=1S/C23H31N/c1-2-20-11-13-22(14-12-20)9-5-6-10-23-17-15-21(16-18-23)8-4-3-7-19-24/h3-4,7-8,11-14,21,23H,2,5-6,9-10,15-18H2,1H3/b7-3+,8-4+/t21-,23-. The van der Waals surface area contributed by atoms with E-state index in [4.69, 9.17) is 5.26 Å². The molecule has 0 saturated heterocycles. The van der Waals surface area contributed by atoms with Crippen LogP contribution in [0.3, 0.4) is 0 Å². The Balaban J connectivity index is 1.58. The van der Waals surface area contributed by atoms with Gasteiger partial charge in [-0.25, -0.2) is 0 Å². The van der Waals surface area contributed by atoms with E-state index in [1.54, 1.807) is 0 Å². The van der Waals surface area contributed by atoms with Crippen LogP contribution in [0.25, 0.3) is 0 Å². The first-order chi connectivity index (χ1) is 11.8. The van der Waals surface area contributed by atoms with Crippen LogP contribution in [-0.4, -0.2) is 0 Å². The van der Waals surface area contributed by atoms with Crippen molar-refractivity contribution in [2.75, 3.05) is 0 Å². The quantitative estimate of drug-likeness (QED) is 0.308. The SMILES string of the molecule is CCc1ccc(CCCC[C@H]2CC[C@H](/C=C/C=C/C#N)CC2)cc1. The monoisotopic (exact) mass is 321 g/mol. The molecule has 0 atom stereocenters. The Hall–Kier alpha value is -1.81. The number of nitriles is 1. The first-order valence-electron chi connectivity index (χ1n) is 9.62. The fraction of sp³-hybridized carbons (Fsp3) is 0.522. The summed E-state index contributed by atoms with van der Waals surface area (Å²) in [5.41, 5.74) is 2.93. The number of unbranched alkanes of at least 4 members (excludes halogenated alkanes) is 1. The van der Waals surface area contributed by atoms with E-state index in [1.165, 1.54) is 68.6 Å². The number of hydrogen-bond acceptors (Lipinski definition) is 1. The van der Waals surface area contributed by atoms with Gasteiger partial charge in [0.15, 0.2) is 0 Å². The van der Waals surface area contributed by atoms with Crippen molar-refractivity contribution in [3.05, 3.63) is 59.7 Å². The molecule has 0 N–H and O–H groups in total. The van der Waals surface area contributed by atoms with Gasteiger partial charge in [0, 0.05) is 6.08 Å². The van der Waals surface area contributed by atoms with Gasteiger partial charge in [0.25, 0.3) is 0 Å². The molecule has 1 aliphatic carbocycles. The molecule has 1 heteroatoms. The zero-order valence-electron chi connectivity index (χ0n) is 15.1. The molecule has 1 nitrogen and oxygen atoms in total. The van der Waals surface area contributed by atoms with Gasteiger partial charge in [-0.3, -0.25) is 0 Å². The van der Waals surface area contributed by atoms with E-state index >= 15 is 0 Å². The molecule has 1 aromatic carbocycles. The maximum atomic E-state index is 8.47. The minimum Gasteiger partial charge on any atom is -0.193 e. The molecule has 2 rings (SSSR count). The number of nitrogens with zero attached hydrogens (tertiary/aromatic N) is 1. The predicted molar refractivity (Wildman–Crippen MR) is 103 cm³/mol. The first-order valence-corrected chi connectivity index (χ1v) is 9.62. The maximum absolute atomic E-state index is 8.47. The largest absolute Gasteiger partial charge is 0.193 e. The lowest BCUT2D eigenvalue weighted by atomic mass is 9.79. The van der Waals surface area contributed by atoms with Gasteiger partial charge in [-0.05, 0) is 67.9 Å². The van der Waals surface area contributed by atoms with E-state index in [-0.39, 0.29) is 0 Å². The van der Waals surface area contributed by atoms with E-state index in [0.717, 1.165) is 18.3 Å². The van der Waals surface area contributed by atoms with E-state index in [2.05, 4.69) is 37.3 Å². The zero-order valence-corrected chi connectivity index (χ0v) is 15.1. The van der Waals surface area contributed by atoms with Crippen molar-refractivity contribution in [1.29, 1.82) is 5.26 Å². The van der Waals surface area contributed by atoms with Gasteiger partial charge in [0.05, 0.1) is 6.07 Å². The summed E-state index contributed by atoms with van der Waals surface area (Å²) in [6.45, 7) is 2.21. The third-order valence-electron chi connectivity index (χ3n) is 5.32. The fourth-order valence-electron chi connectivity index (χ4n) is 3.69. The van der Waals surface area contributed by atoms with E-state index in [9.17, 15) is 0 Å². The number of hydrogen-bond donors (Lipinski definition) is 0. The van der Waals surface area contributed by atoms with Gasteiger partial charge in [0.1, 0.15) is 0 Å². The van der Waals surface area contributed by atoms with E-state index < -0.39 is 0 Å². The molecule has 1 saturated carbocycles. The molecular weight excluding hydrogens is 290 g/mol. The number of allylic oxidation sites excluding steroid dienone is 4. The van der Waals surface area contributed by atoms with Crippen molar-refractivity contribution >= 4 is 0 Å². The summed E-state index contributed by atoms with van der Waals surface area (Å²) >= 11 is 0. The van der Waals surface area contributed by atoms with Crippen molar-refractivity contribution in [2.45, 2.75) is 64.7 Å². The molecule has 0 unspecified atom stereocenters. The highest BCUT2D eigenvalue weighted by molar-refractivity contribution is 5.22. The second-order valence-corrected chi connectivity index (χ2v) is 7.07. The van der Waals surface area contributed by atoms with E-state index in [1.807, 2.05) is 18.2 Å². The Bertz CT molecular complexity index is 551. The van der Waals surface area contributed by atoms with Crippen LogP contribution in [0.15, 0.2) is 48.6 Å². The number of aryl methyl sites for hydroxylation is 2. The third kappa shape index (κ3) is 6.75. The van der Waals surface area contributed by atoms with Gasteiger partial charge in [-0.1, -0.05) is 62.3 Å².